The summed E-state index contributed by atoms with van der Waals surface area (Å²) >= 11 is 0. The molecule has 0 unspecified atom stereocenters. The Bertz CT molecular complexity index is 2710. The smallest absolute Gasteiger partial charge is 0.137 e. The van der Waals surface area contributed by atoms with Gasteiger partial charge in [0.2, 0.25) is 0 Å². The van der Waals surface area contributed by atoms with Crippen LogP contribution < -0.4 is 14.5 Å². The van der Waals surface area contributed by atoms with Crippen molar-refractivity contribution in [3.8, 4) is 28.4 Å². The number of aromatic nitrogens is 2. The maximum Gasteiger partial charge on any atom is 0.137 e. The lowest BCUT2D eigenvalue weighted by Crippen LogP contribution is -2.27. The maximum atomic E-state index is 6.71. The van der Waals surface area contributed by atoms with Gasteiger partial charge in [-0.25, -0.2) is 4.98 Å². The first-order valence-corrected chi connectivity index (χ1v) is 19.6. The molecule has 0 N–H and O–H groups in total. The number of nitrogens with zero attached hydrogens (tertiary/aromatic N) is 4. The lowest BCUT2D eigenvalue weighted by molar-refractivity contribution is 0.483. The summed E-state index contributed by atoms with van der Waals surface area (Å²) in [6, 6.07) is 54.3. The van der Waals surface area contributed by atoms with Gasteiger partial charge in [0.25, 0.3) is 0 Å². The second-order valence-corrected chi connectivity index (χ2v) is 17.1. The summed E-state index contributed by atoms with van der Waals surface area (Å²) in [5.74, 6) is 2.47. The molecule has 1 aliphatic rings. The molecule has 0 amide bonds. The number of benzene rings is 6. The summed E-state index contributed by atoms with van der Waals surface area (Å²) in [6.45, 7) is 15.1. The van der Waals surface area contributed by atoms with Gasteiger partial charge < -0.3 is 14.5 Å². The number of rotatable bonds is 7. The van der Waals surface area contributed by atoms with E-state index in [1.165, 1.54) is 50.0 Å². The van der Waals surface area contributed by atoms with E-state index in [1.807, 2.05) is 12.3 Å². The van der Waals surface area contributed by atoms with E-state index in [1.54, 1.807) is 0 Å². The van der Waals surface area contributed by atoms with Gasteiger partial charge in [0.15, 0.2) is 0 Å². The second-order valence-electron chi connectivity index (χ2n) is 17.1. The van der Waals surface area contributed by atoms with Crippen LogP contribution in [-0.2, 0) is 17.4 Å². The fraction of sp³-hybridized carbons (Fsp3) is 0.196. The maximum absolute atomic E-state index is 6.71. The monoisotopic (exact) mass is 732 g/mol. The van der Waals surface area contributed by atoms with Crippen molar-refractivity contribution < 1.29 is 4.74 Å². The third-order valence-corrected chi connectivity index (χ3v) is 11.0. The molecular weight excluding hydrogens is 685 g/mol. The van der Waals surface area contributed by atoms with E-state index >= 15 is 0 Å². The molecule has 0 fully saturated rings. The average Bonchev–Trinajstić information content (AvgIpc) is 3.73. The molecule has 56 heavy (non-hydrogen) atoms. The summed E-state index contributed by atoms with van der Waals surface area (Å²) in [5, 5.41) is 2.36. The number of ether oxygens (including phenoxy) is 1. The Balaban J connectivity index is 1.05. The zero-order valence-electron chi connectivity index (χ0n) is 33.1. The molecule has 0 atom stereocenters. The minimum atomic E-state index is 0.00491. The number of hydrogen-bond acceptors (Lipinski definition) is 4. The molecule has 0 radical (unpaired) electrons. The molecule has 6 aromatic carbocycles. The Morgan fingerprint density at radius 2 is 1.27 bits per heavy atom. The minimum Gasteiger partial charge on any atom is -0.457 e. The van der Waals surface area contributed by atoms with Crippen LogP contribution in [0.3, 0.4) is 0 Å². The van der Waals surface area contributed by atoms with E-state index in [4.69, 9.17) is 9.72 Å². The summed E-state index contributed by atoms with van der Waals surface area (Å²) in [4.78, 5) is 9.77. The molecular formula is C51H48N4O. The summed E-state index contributed by atoms with van der Waals surface area (Å²) < 4.78 is 8.97. The number of para-hydroxylation sites is 1. The Morgan fingerprint density at radius 3 is 2.09 bits per heavy atom. The van der Waals surface area contributed by atoms with Crippen molar-refractivity contribution in [2.24, 2.45) is 0 Å². The van der Waals surface area contributed by atoms with E-state index in [-0.39, 0.29) is 10.8 Å². The van der Waals surface area contributed by atoms with Gasteiger partial charge in [0.1, 0.15) is 17.3 Å². The predicted octanol–water partition coefficient (Wildman–Crippen LogP) is 13.3. The van der Waals surface area contributed by atoms with Crippen LogP contribution in [0.4, 0.5) is 17.1 Å². The largest absolute Gasteiger partial charge is 0.457 e. The molecule has 278 valence electrons. The molecule has 1 aliphatic heterocycles. The van der Waals surface area contributed by atoms with Gasteiger partial charge in [-0.2, -0.15) is 0 Å². The highest BCUT2D eigenvalue weighted by Crippen LogP contribution is 2.45. The zero-order valence-corrected chi connectivity index (χ0v) is 33.1. The van der Waals surface area contributed by atoms with E-state index in [9.17, 15) is 0 Å². The van der Waals surface area contributed by atoms with Gasteiger partial charge in [-0.3, -0.25) is 4.57 Å². The van der Waals surface area contributed by atoms with Crippen molar-refractivity contribution in [2.75, 3.05) is 16.5 Å². The van der Waals surface area contributed by atoms with Gasteiger partial charge >= 0.3 is 0 Å². The van der Waals surface area contributed by atoms with Gasteiger partial charge in [-0.1, -0.05) is 120 Å². The van der Waals surface area contributed by atoms with Crippen molar-refractivity contribution in [1.29, 1.82) is 0 Å². The van der Waals surface area contributed by atoms with Crippen molar-refractivity contribution in [3.63, 3.8) is 0 Å². The molecule has 0 bridgehead atoms. The first-order chi connectivity index (χ1) is 27.0. The molecule has 9 rings (SSSR count). The average molecular weight is 733 g/mol. The van der Waals surface area contributed by atoms with Crippen LogP contribution in [0.2, 0.25) is 0 Å². The topological polar surface area (TPSA) is 33.5 Å². The Labute approximate surface area is 330 Å². The van der Waals surface area contributed by atoms with Crippen LogP contribution >= 0.6 is 0 Å². The quantitative estimate of drug-likeness (QED) is 0.163. The molecule has 0 saturated heterocycles. The first-order valence-electron chi connectivity index (χ1n) is 19.6. The summed E-state index contributed by atoms with van der Waals surface area (Å²) in [5.41, 5.74) is 12.1. The van der Waals surface area contributed by atoms with Crippen molar-refractivity contribution in [3.05, 3.63) is 175 Å². The van der Waals surface area contributed by atoms with Crippen molar-refractivity contribution in [1.82, 2.24) is 9.55 Å². The highest BCUT2D eigenvalue weighted by Gasteiger charge is 2.29. The SMILES string of the molecule is CC(C)(C)c1ccnc(-n2c3ccccc3c3ccc(Oc4cccc(N5CN(Cc6cccc(-c7ccccc7)c6)c6cc(C(C)(C)C)ccc65)c4)cc32)c1. The van der Waals surface area contributed by atoms with Crippen LogP contribution in [0, 0.1) is 0 Å². The van der Waals surface area contributed by atoms with E-state index < -0.39 is 0 Å². The molecule has 0 aliphatic carbocycles. The number of pyridine rings is 1. The van der Waals surface area contributed by atoms with Crippen molar-refractivity contribution >= 4 is 38.9 Å². The number of anilines is 3. The summed E-state index contributed by atoms with van der Waals surface area (Å²) in [6.07, 6.45) is 1.92. The van der Waals surface area contributed by atoms with Crippen LogP contribution in [0.25, 0.3) is 38.8 Å². The second kappa shape index (κ2) is 13.8. The lowest BCUT2D eigenvalue weighted by Gasteiger charge is -2.23. The molecule has 5 nitrogen and oxygen atoms in total. The third-order valence-electron chi connectivity index (χ3n) is 11.0. The van der Waals surface area contributed by atoms with E-state index in [0.717, 1.165) is 47.3 Å². The van der Waals surface area contributed by atoms with E-state index in [0.29, 0.717) is 0 Å². The van der Waals surface area contributed by atoms with Crippen LogP contribution in [0.5, 0.6) is 11.5 Å². The zero-order chi connectivity index (χ0) is 38.6. The van der Waals surface area contributed by atoms with Gasteiger partial charge in [-0.05, 0) is 99.3 Å². The highest BCUT2D eigenvalue weighted by molar-refractivity contribution is 6.09. The molecule has 0 saturated carbocycles. The molecule has 0 spiro atoms. The Kier molecular flexibility index (Phi) is 8.69. The van der Waals surface area contributed by atoms with Crippen LogP contribution in [-0.4, -0.2) is 16.2 Å². The molecule has 2 aromatic heterocycles. The fourth-order valence-electron chi connectivity index (χ4n) is 7.97. The minimum absolute atomic E-state index is 0.00491. The molecule has 5 heteroatoms. The van der Waals surface area contributed by atoms with Gasteiger partial charge in [0.05, 0.1) is 29.1 Å². The van der Waals surface area contributed by atoms with E-state index in [2.05, 4.69) is 202 Å². The standard InChI is InChI=1S/C51H48N4O/c1-50(2,3)38-22-25-46-48(29-38)53(33-35-14-12-17-37(28-35)36-15-8-7-9-16-36)34-54(46)40-18-13-19-41(31-40)56-42-23-24-44-43-20-10-11-21-45(43)55(47(44)32-42)49-30-39(26-27-52-49)51(4,5)6/h7-32H,33-34H2,1-6H3. The normalized spacial score (nSPS) is 13.1. The predicted molar refractivity (Wildman–Crippen MR) is 234 cm³/mol. The number of hydrogen-bond donors (Lipinski definition) is 0. The lowest BCUT2D eigenvalue weighted by atomic mass is 9.86. The Hall–Kier alpha value is -6.33. The van der Waals surface area contributed by atoms with Crippen LogP contribution in [0.15, 0.2) is 158 Å². The molecule has 3 heterocycles. The molecule has 8 aromatic rings. The fourth-order valence-corrected chi connectivity index (χ4v) is 7.97. The highest BCUT2D eigenvalue weighted by atomic mass is 16.5. The number of fused-ring (bicyclic) bond motifs is 4. The van der Waals surface area contributed by atoms with Crippen molar-refractivity contribution in [2.45, 2.75) is 58.9 Å². The van der Waals surface area contributed by atoms with Crippen LogP contribution in [0.1, 0.15) is 58.2 Å². The summed E-state index contributed by atoms with van der Waals surface area (Å²) in [7, 11) is 0. The third kappa shape index (κ3) is 6.68. The first kappa shape index (κ1) is 35.4. The van der Waals surface area contributed by atoms with Gasteiger partial charge in [0, 0.05) is 41.3 Å². The van der Waals surface area contributed by atoms with Gasteiger partial charge in [-0.15, -0.1) is 0 Å². The Morgan fingerprint density at radius 1 is 0.554 bits per heavy atom.